The van der Waals surface area contributed by atoms with E-state index in [1.54, 1.807) is 26.0 Å². The number of nitrogens with one attached hydrogen (secondary N) is 1. The summed E-state index contributed by atoms with van der Waals surface area (Å²) in [4.78, 5) is 2.17. The van der Waals surface area contributed by atoms with Crippen LogP contribution in [0.2, 0.25) is 0 Å². The third-order valence-corrected chi connectivity index (χ3v) is 5.35. The van der Waals surface area contributed by atoms with Crippen LogP contribution < -0.4 is 4.72 Å². The molecule has 0 saturated heterocycles. The van der Waals surface area contributed by atoms with Gasteiger partial charge in [-0.25, -0.2) is 22.2 Å². The van der Waals surface area contributed by atoms with Crippen molar-refractivity contribution in [3.8, 4) is 5.69 Å². The Bertz CT molecular complexity index is 798. The van der Waals surface area contributed by atoms with Gasteiger partial charge in [0, 0.05) is 6.54 Å². The molecule has 1 aromatic carbocycles. The lowest BCUT2D eigenvalue weighted by Gasteiger charge is -2.11. The van der Waals surface area contributed by atoms with Crippen molar-refractivity contribution in [2.75, 3.05) is 27.2 Å². The molecule has 0 aliphatic carbocycles. The SMILES string of the molecule is Cc1nn(-c2ccc(F)cc2)c(C)c1S(=O)(=O)NCCCN(C)C. The normalized spacial score (nSPS) is 12.1. The van der Waals surface area contributed by atoms with Crippen LogP contribution in [0, 0.1) is 19.7 Å². The molecule has 0 bridgehead atoms. The van der Waals surface area contributed by atoms with Crippen LogP contribution in [-0.4, -0.2) is 50.3 Å². The maximum atomic E-state index is 13.1. The van der Waals surface area contributed by atoms with E-state index in [2.05, 4.69) is 9.82 Å². The average molecular weight is 354 g/mol. The van der Waals surface area contributed by atoms with Gasteiger partial charge < -0.3 is 4.90 Å². The summed E-state index contributed by atoms with van der Waals surface area (Å²) in [7, 11) is 0.239. The van der Waals surface area contributed by atoms with Gasteiger partial charge in [0.25, 0.3) is 0 Å². The first-order valence-corrected chi connectivity index (χ1v) is 9.17. The van der Waals surface area contributed by atoms with Gasteiger partial charge in [-0.3, -0.25) is 0 Å². The van der Waals surface area contributed by atoms with Crippen molar-refractivity contribution in [2.45, 2.75) is 25.2 Å². The van der Waals surface area contributed by atoms with E-state index in [9.17, 15) is 12.8 Å². The van der Waals surface area contributed by atoms with Crippen LogP contribution in [0.5, 0.6) is 0 Å². The monoisotopic (exact) mass is 354 g/mol. The summed E-state index contributed by atoms with van der Waals surface area (Å²) in [5, 5.41) is 4.30. The van der Waals surface area contributed by atoms with Gasteiger partial charge >= 0.3 is 0 Å². The number of benzene rings is 1. The molecule has 0 radical (unpaired) electrons. The largest absolute Gasteiger partial charge is 0.309 e. The van der Waals surface area contributed by atoms with Crippen molar-refractivity contribution in [1.82, 2.24) is 19.4 Å². The Hall–Kier alpha value is -1.77. The van der Waals surface area contributed by atoms with Crippen molar-refractivity contribution in [2.24, 2.45) is 0 Å². The van der Waals surface area contributed by atoms with Crippen LogP contribution in [0.1, 0.15) is 17.8 Å². The van der Waals surface area contributed by atoms with Crippen LogP contribution in [0.25, 0.3) is 5.69 Å². The van der Waals surface area contributed by atoms with Crippen molar-refractivity contribution < 1.29 is 12.8 Å². The van der Waals surface area contributed by atoms with Gasteiger partial charge in [0.15, 0.2) is 0 Å². The van der Waals surface area contributed by atoms with Gasteiger partial charge in [0.2, 0.25) is 10.0 Å². The van der Waals surface area contributed by atoms with E-state index in [0.29, 0.717) is 23.6 Å². The van der Waals surface area contributed by atoms with E-state index in [-0.39, 0.29) is 10.7 Å². The number of nitrogens with zero attached hydrogens (tertiary/aromatic N) is 3. The summed E-state index contributed by atoms with van der Waals surface area (Å²) in [6, 6.07) is 5.77. The number of sulfonamides is 1. The Kier molecular flexibility index (Phi) is 5.74. The van der Waals surface area contributed by atoms with Gasteiger partial charge in [-0.2, -0.15) is 5.10 Å². The zero-order chi connectivity index (χ0) is 17.9. The molecule has 0 atom stereocenters. The molecule has 1 N–H and O–H groups in total. The van der Waals surface area contributed by atoms with E-state index >= 15 is 0 Å². The standard InChI is InChI=1S/C16H23FN4O2S/c1-12-16(24(22,23)18-10-5-11-20(3)4)13(2)21(19-12)15-8-6-14(17)7-9-15/h6-9,18H,5,10-11H2,1-4H3. The molecule has 0 fully saturated rings. The highest BCUT2D eigenvalue weighted by molar-refractivity contribution is 7.89. The third kappa shape index (κ3) is 4.19. The molecular weight excluding hydrogens is 331 g/mol. The number of hydrogen-bond donors (Lipinski definition) is 1. The minimum Gasteiger partial charge on any atom is -0.309 e. The summed E-state index contributed by atoms with van der Waals surface area (Å²) in [6.45, 7) is 4.51. The average Bonchev–Trinajstić information content (AvgIpc) is 2.80. The maximum absolute atomic E-state index is 13.1. The zero-order valence-corrected chi connectivity index (χ0v) is 15.2. The maximum Gasteiger partial charge on any atom is 0.244 e. The number of halogens is 1. The van der Waals surface area contributed by atoms with Crippen LogP contribution in [0.3, 0.4) is 0 Å². The molecule has 0 saturated carbocycles. The van der Waals surface area contributed by atoms with Crippen LogP contribution in [0.15, 0.2) is 29.2 Å². The van der Waals surface area contributed by atoms with Gasteiger partial charge in [-0.1, -0.05) is 0 Å². The summed E-state index contributed by atoms with van der Waals surface area (Å²) >= 11 is 0. The summed E-state index contributed by atoms with van der Waals surface area (Å²) < 4.78 is 42.4. The van der Waals surface area contributed by atoms with Crippen molar-refractivity contribution in [3.05, 3.63) is 41.5 Å². The second kappa shape index (κ2) is 7.42. The molecular formula is C16H23FN4O2S. The lowest BCUT2D eigenvalue weighted by molar-refractivity contribution is 0.400. The first-order valence-electron chi connectivity index (χ1n) is 7.69. The highest BCUT2D eigenvalue weighted by atomic mass is 32.2. The van der Waals surface area contributed by atoms with Crippen molar-refractivity contribution >= 4 is 10.0 Å². The molecule has 1 heterocycles. The fourth-order valence-electron chi connectivity index (χ4n) is 2.52. The third-order valence-electron chi connectivity index (χ3n) is 3.64. The highest BCUT2D eigenvalue weighted by Gasteiger charge is 2.24. The first kappa shape index (κ1) is 18.6. The summed E-state index contributed by atoms with van der Waals surface area (Å²) in [5.74, 6) is -0.351. The first-order chi connectivity index (χ1) is 11.2. The molecule has 0 unspecified atom stereocenters. The van der Waals surface area contributed by atoms with E-state index in [4.69, 9.17) is 0 Å². The van der Waals surface area contributed by atoms with Gasteiger partial charge in [-0.05, 0) is 65.2 Å². The molecule has 1 aromatic heterocycles. The van der Waals surface area contributed by atoms with E-state index in [1.807, 2.05) is 19.0 Å². The molecule has 132 valence electrons. The molecule has 8 heteroatoms. The van der Waals surface area contributed by atoms with Crippen molar-refractivity contribution in [3.63, 3.8) is 0 Å². The second-order valence-corrected chi connectivity index (χ2v) is 7.65. The lowest BCUT2D eigenvalue weighted by atomic mass is 10.3. The number of rotatable bonds is 7. The Morgan fingerprint density at radius 3 is 2.42 bits per heavy atom. The Morgan fingerprint density at radius 2 is 1.83 bits per heavy atom. The lowest BCUT2D eigenvalue weighted by Crippen LogP contribution is -2.28. The van der Waals surface area contributed by atoms with Crippen LogP contribution in [0.4, 0.5) is 4.39 Å². The van der Waals surface area contributed by atoms with Gasteiger partial charge in [0.05, 0.1) is 17.1 Å². The fraction of sp³-hybridized carbons (Fsp3) is 0.438. The van der Waals surface area contributed by atoms with E-state index < -0.39 is 10.0 Å². The zero-order valence-electron chi connectivity index (χ0n) is 14.4. The van der Waals surface area contributed by atoms with Gasteiger partial charge in [-0.15, -0.1) is 0 Å². The predicted molar refractivity (Wildman–Crippen MR) is 91.4 cm³/mol. The second-order valence-electron chi connectivity index (χ2n) is 5.94. The molecule has 2 aromatic rings. The Morgan fingerprint density at radius 1 is 1.21 bits per heavy atom. The number of hydrogen-bond acceptors (Lipinski definition) is 4. The molecule has 24 heavy (non-hydrogen) atoms. The van der Waals surface area contributed by atoms with E-state index in [0.717, 1.165) is 13.0 Å². The Labute approximate surface area is 142 Å². The quantitative estimate of drug-likeness (QED) is 0.771. The van der Waals surface area contributed by atoms with Crippen LogP contribution >= 0.6 is 0 Å². The molecule has 0 aliphatic rings. The van der Waals surface area contributed by atoms with Crippen LogP contribution in [-0.2, 0) is 10.0 Å². The molecule has 2 rings (SSSR count). The van der Waals surface area contributed by atoms with E-state index in [1.165, 1.54) is 16.8 Å². The minimum atomic E-state index is -3.64. The summed E-state index contributed by atoms with van der Waals surface area (Å²) in [6.07, 6.45) is 0.719. The number of aryl methyl sites for hydroxylation is 1. The molecule has 6 nitrogen and oxygen atoms in total. The highest BCUT2D eigenvalue weighted by Crippen LogP contribution is 2.22. The molecule has 0 spiro atoms. The number of aromatic nitrogens is 2. The molecule has 0 amide bonds. The smallest absolute Gasteiger partial charge is 0.244 e. The molecule has 0 aliphatic heterocycles. The van der Waals surface area contributed by atoms with Crippen molar-refractivity contribution in [1.29, 1.82) is 0 Å². The minimum absolute atomic E-state index is 0.177. The Balaban J connectivity index is 2.26. The summed E-state index contributed by atoms with van der Waals surface area (Å²) in [5.41, 5.74) is 1.53. The van der Waals surface area contributed by atoms with Gasteiger partial charge in [0.1, 0.15) is 10.7 Å². The fourth-order valence-corrected chi connectivity index (χ4v) is 3.99. The topological polar surface area (TPSA) is 67.2 Å². The predicted octanol–water partition coefficient (Wildman–Crippen LogP) is 1.86.